The minimum atomic E-state index is -0.379. The highest BCUT2D eigenvalue weighted by Gasteiger charge is 2.43. The number of piperazine rings is 1. The third kappa shape index (κ3) is 3.52. The highest BCUT2D eigenvalue weighted by molar-refractivity contribution is 9.10. The summed E-state index contributed by atoms with van der Waals surface area (Å²) < 4.78 is 6.38. The standard InChI is InChI=1S/C21H22BrN3O3/c1-28-19-5-3-2-4-17(19)23-10-12-24(13-11-23)18-14-20(26)25(21(18)27)16-8-6-15(22)7-9-16/h2-9,18H,10-14H2,1H3/t18-/m0/s1. The number of carbonyl (C=O) groups excluding carboxylic acids is 2. The topological polar surface area (TPSA) is 53.1 Å². The molecule has 146 valence electrons. The van der Waals surface area contributed by atoms with Gasteiger partial charge in [0, 0.05) is 30.7 Å². The van der Waals surface area contributed by atoms with E-state index in [1.807, 2.05) is 36.4 Å². The Morgan fingerprint density at radius 3 is 2.32 bits per heavy atom. The number of hydrogen-bond donors (Lipinski definition) is 0. The van der Waals surface area contributed by atoms with Gasteiger partial charge >= 0.3 is 0 Å². The summed E-state index contributed by atoms with van der Waals surface area (Å²) in [6.45, 7) is 3.04. The van der Waals surface area contributed by atoms with E-state index in [4.69, 9.17) is 4.74 Å². The van der Waals surface area contributed by atoms with Crippen LogP contribution in [-0.4, -0.2) is 56.0 Å². The number of nitrogens with zero attached hydrogens (tertiary/aromatic N) is 3. The lowest BCUT2D eigenvalue weighted by atomic mass is 10.1. The minimum absolute atomic E-state index is 0.127. The highest BCUT2D eigenvalue weighted by Crippen LogP contribution is 2.31. The van der Waals surface area contributed by atoms with Gasteiger partial charge in [0.1, 0.15) is 5.75 Å². The number of ether oxygens (including phenoxy) is 1. The van der Waals surface area contributed by atoms with Crippen LogP contribution in [0.25, 0.3) is 0 Å². The molecule has 2 saturated heterocycles. The number of benzene rings is 2. The fraction of sp³-hybridized carbons (Fsp3) is 0.333. The number of imide groups is 1. The maximum atomic E-state index is 13.0. The second-order valence-corrected chi connectivity index (χ2v) is 7.87. The van der Waals surface area contributed by atoms with Gasteiger partial charge in [-0.25, -0.2) is 4.90 Å². The van der Waals surface area contributed by atoms with Gasteiger partial charge in [-0.05, 0) is 36.4 Å². The largest absolute Gasteiger partial charge is 0.495 e. The predicted octanol–water partition coefficient (Wildman–Crippen LogP) is 2.91. The van der Waals surface area contributed by atoms with Crippen molar-refractivity contribution in [2.45, 2.75) is 12.5 Å². The van der Waals surface area contributed by atoms with Crippen LogP contribution >= 0.6 is 15.9 Å². The molecule has 1 atom stereocenters. The molecule has 0 bridgehead atoms. The van der Waals surface area contributed by atoms with E-state index in [2.05, 4.69) is 25.7 Å². The summed E-state index contributed by atoms with van der Waals surface area (Å²) in [5, 5.41) is 0. The van der Waals surface area contributed by atoms with Gasteiger partial charge in [-0.15, -0.1) is 0 Å². The van der Waals surface area contributed by atoms with Gasteiger partial charge in [-0.1, -0.05) is 28.1 Å². The fourth-order valence-corrected chi connectivity index (χ4v) is 4.19. The van der Waals surface area contributed by atoms with E-state index in [0.29, 0.717) is 5.69 Å². The molecule has 0 saturated carbocycles. The maximum absolute atomic E-state index is 13.0. The molecule has 0 N–H and O–H groups in total. The van der Waals surface area contributed by atoms with Crippen molar-refractivity contribution >= 4 is 39.1 Å². The molecule has 2 aromatic carbocycles. The van der Waals surface area contributed by atoms with Gasteiger partial charge in [0.25, 0.3) is 5.91 Å². The van der Waals surface area contributed by atoms with Gasteiger partial charge in [0.2, 0.25) is 5.91 Å². The van der Waals surface area contributed by atoms with E-state index in [1.165, 1.54) is 4.90 Å². The number of halogens is 1. The molecule has 0 aliphatic carbocycles. The van der Waals surface area contributed by atoms with E-state index in [1.54, 1.807) is 19.2 Å². The average Bonchev–Trinajstić information content (AvgIpc) is 3.03. The molecule has 0 radical (unpaired) electrons. The summed E-state index contributed by atoms with van der Waals surface area (Å²) in [4.78, 5) is 31.2. The van der Waals surface area contributed by atoms with E-state index >= 15 is 0 Å². The summed E-state index contributed by atoms with van der Waals surface area (Å²) in [6.07, 6.45) is 0.240. The molecule has 2 aliphatic heterocycles. The Balaban J connectivity index is 1.44. The number of para-hydroxylation sites is 2. The average molecular weight is 444 g/mol. The Morgan fingerprint density at radius 1 is 0.964 bits per heavy atom. The van der Waals surface area contributed by atoms with E-state index in [9.17, 15) is 9.59 Å². The van der Waals surface area contributed by atoms with Crippen LogP contribution in [0, 0.1) is 0 Å². The van der Waals surface area contributed by atoms with Crippen molar-refractivity contribution in [3.63, 3.8) is 0 Å². The molecule has 0 unspecified atom stereocenters. The lowest BCUT2D eigenvalue weighted by molar-refractivity contribution is -0.123. The number of carbonyl (C=O) groups is 2. The third-order valence-electron chi connectivity index (χ3n) is 5.39. The van der Waals surface area contributed by atoms with Gasteiger partial charge < -0.3 is 9.64 Å². The number of amides is 2. The zero-order valence-electron chi connectivity index (χ0n) is 15.7. The third-order valence-corrected chi connectivity index (χ3v) is 5.92. The minimum Gasteiger partial charge on any atom is -0.495 e. The SMILES string of the molecule is COc1ccccc1N1CCN([C@H]2CC(=O)N(c3ccc(Br)cc3)C2=O)CC1. The van der Waals surface area contributed by atoms with Crippen molar-refractivity contribution in [3.05, 3.63) is 53.0 Å². The van der Waals surface area contributed by atoms with Crippen LogP contribution < -0.4 is 14.5 Å². The van der Waals surface area contributed by atoms with Crippen molar-refractivity contribution in [3.8, 4) is 5.75 Å². The van der Waals surface area contributed by atoms with Gasteiger partial charge in [-0.3, -0.25) is 14.5 Å². The zero-order valence-corrected chi connectivity index (χ0v) is 17.3. The molecule has 2 heterocycles. The van der Waals surface area contributed by atoms with Crippen molar-refractivity contribution in [2.75, 3.05) is 43.1 Å². The van der Waals surface area contributed by atoms with E-state index in [-0.39, 0.29) is 24.3 Å². The van der Waals surface area contributed by atoms with Crippen LogP contribution in [0.5, 0.6) is 5.75 Å². The highest BCUT2D eigenvalue weighted by atomic mass is 79.9. The van der Waals surface area contributed by atoms with Gasteiger partial charge in [0.15, 0.2) is 0 Å². The Labute approximate surface area is 172 Å². The zero-order chi connectivity index (χ0) is 19.7. The van der Waals surface area contributed by atoms with Crippen molar-refractivity contribution in [2.24, 2.45) is 0 Å². The normalized spacial score (nSPS) is 20.7. The summed E-state index contributed by atoms with van der Waals surface area (Å²) in [7, 11) is 1.68. The van der Waals surface area contributed by atoms with Crippen LogP contribution in [0.15, 0.2) is 53.0 Å². The van der Waals surface area contributed by atoms with Crippen LogP contribution in [0.4, 0.5) is 11.4 Å². The first-order valence-electron chi connectivity index (χ1n) is 9.33. The number of anilines is 2. The molecule has 28 heavy (non-hydrogen) atoms. The first kappa shape index (κ1) is 19.0. The second kappa shape index (κ2) is 7.93. The molecule has 4 rings (SSSR count). The summed E-state index contributed by atoms with van der Waals surface area (Å²) in [5.41, 5.74) is 1.70. The molecule has 2 fully saturated rings. The summed E-state index contributed by atoms with van der Waals surface area (Å²) in [5.74, 6) is 0.590. The monoisotopic (exact) mass is 443 g/mol. The van der Waals surface area contributed by atoms with Crippen LogP contribution in [-0.2, 0) is 9.59 Å². The fourth-order valence-electron chi connectivity index (χ4n) is 3.93. The molecule has 0 aromatic heterocycles. The molecular formula is C21H22BrN3O3. The smallest absolute Gasteiger partial charge is 0.251 e. The predicted molar refractivity (Wildman–Crippen MR) is 112 cm³/mol. The van der Waals surface area contributed by atoms with Crippen molar-refractivity contribution in [1.29, 1.82) is 0 Å². The van der Waals surface area contributed by atoms with Crippen LogP contribution in [0.1, 0.15) is 6.42 Å². The number of hydrogen-bond acceptors (Lipinski definition) is 5. The van der Waals surface area contributed by atoms with Crippen LogP contribution in [0.3, 0.4) is 0 Å². The first-order chi connectivity index (χ1) is 13.6. The molecule has 7 heteroatoms. The van der Waals surface area contributed by atoms with Crippen molar-refractivity contribution < 1.29 is 14.3 Å². The second-order valence-electron chi connectivity index (χ2n) is 6.96. The summed E-state index contributed by atoms with van der Waals surface area (Å²) >= 11 is 3.38. The van der Waals surface area contributed by atoms with Crippen LogP contribution in [0.2, 0.25) is 0 Å². The quantitative estimate of drug-likeness (QED) is 0.679. The molecule has 2 aliphatic rings. The Morgan fingerprint density at radius 2 is 1.64 bits per heavy atom. The Hall–Kier alpha value is -2.38. The number of methoxy groups -OCH3 is 1. The molecule has 2 amide bonds. The maximum Gasteiger partial charge on any atom is 0.251 e. The summed E-state index contributed by atoms with van der Waals surface area (Å²) in [6, 6.07) is 14.9. The van der Waals surface area contributed by atoms with Gasteiger partial charge in [0.05, 0.1) is 30.9 Å². The molecular weight excluding hydrogens is 422 g/mol. The molecule has 6 nitrogen and oxygen atoms in total. The first-order valence-corrected chi connectivity index (χ1v) is 10.1. The van der Waals surface area contributed by atoms with E-state index in [0.717, 1.165) is 42.1 Å². The Bertz CT molecular complexity index is 879. The lowest BCUT2D eigenvalue weighted by Crippen LogP contribution is -2.52. The van der Waals surface area contributed by atoms with Gasteiger partial charge in [-0.2, -0.15) is 0 Å². The van der Waals surface area contributed by atoms with E-state index < -0.39 is 0 Å². The Kier molecular flexibility index (Phi) is 5.37. The molecule has 2 aromatic rings. The molecule has 0 spiro atoms. The lowest BCUT2D eigenvalue weighted by Gasteiger charge is -2.38. The number of rotatable bonds is 4. The van der Waals surface area contributed by atoms with Crippen molar-refractivity contribution in [1.82, 2.24) is 4.90 Å².